The Hall–Kier alpha value is -1.06. The largest absolute Gasteiger partial charge is 0.491 e. The van der Waals surface area contributed by atoms with Crippen LogP contribution in [-0.2, 0) is 0 Å². The zero-order valence-corrected chi connectivity index (χ0v) is 11.8. The first-order chi connectivity index (χ1) is 9.22. The Morgan fingerprint density at radius 2 is 1.89 bits per heavy atom. The summed E-state index contributed by atoms with van der Waals surface area (Å²) in [6, 6.07) is 8.55. The van der Waals surface area contributed by atoms with Crippen LogP contribution < -0.4 is 16.0 Å². The average Bonchev–Trinajstić information content (AvgIpc) is 2.85. The minimum absolute atomic E-state index is 0.193. The molecule has 0 bridgehead atoms. The van der Waals surface area contributed by atoms with E-state index in [0.717, 1.165) is 17.6 Å². The molecule has 0 amide bonds. The van der Waals surface area contributed by atoms with Crippen molar-refractivity contribution in [1.29, 1.82) is 0 Å². The van der Waals surface area contributed by atoms with Crippen LogP contribution in [-0.4, -0.2) is 6.10 Å². The molecule has 3 heteroatoms. The van der Waals surface area contributed by atoms with Crippen molar-refractivity contribution in [1.82, 2.24) is 5.43 Å². The molecule has 2 saturated carbocycles. The normalized spacial score (nSPS) is 30.2. The Balaban J connectivity index is 1.83. The molecule has 3 atom stereocenters. The quantitative estimate of drug-likeness (QED) is 0.632. The van der Waals surface area contributed by atoms with Crippen molar-refractivity contribution in [3.63, 3.8) is 0 Å². The summed E-state index contributed by atoms with van der Waals surface area (Å²) in [5, 5.41) is 0. The van der Waals surface area contributed by atoms with E-state index >= 15 is 0 Å². The standard InChI is InChI=1S/C16H24N2O/c1-10(2)19-14-9-4-3-6-13(14)16(18-17)15-11-7-5-8-12(11)15/h3-4,6,9-12,15-16,18H,5,7-8,17H2,1-2H3. The maximum Gasteiger partial charge on any atom is 0.124 e. The minimum Gasteiger partial charge on any atom is -0.491 e. The van der Waals surface area contributed by atoms with Gasteiger partial charge in [0.05, 0.1) is 12.1 Å². The summed E-state index contributed by atoms with van der Waals surface area (Å²) < 4.78 is 5.93. The van der Waals surface area contributed by atoms with Crippen LogP contribution in [0.1, 0.15) is 44.7 Å². The van der Waals surface area contributed by atoms with E-state index in [1.807, 2.05) is 6.07 Å². The van der Waals surface area contributed by atoms with Gasteiger partial charge in [-0.15, -0.1) is 0 Å². The first-order valence-electron chi connectivity index (χ1n) is 7.44. The highest BCUT2D eigenvalue weighted by Crippen LogP contribution is 2.62. The molecule has 0 saturated heterocycles. The van der Waals surface area contributed by atoms with Gasteiger partial charge in [0.15, 0.2) is 0 Å². The van der Waals surface area contributed by atoms with Gasteiger partial charge in [0.1, 0.15) is 5.75 Å². The predicted octanol–water partition coefficient (Wildman–Crippen LogP) is 3.02. The van der Waals surface area contributed by atoms with E-state index < -0.39 is 0 Å². The summed E-state index contributed by atoms with van der Waals surface area (Å²) in [5.74, 6) is 9.29. The SMILES string of the molecule is CC(C)Oc1ccccc1C(NN)C1C2CCCC21. The molecule has 2 aliphatic rings. The van der Waals surface area contributed by atoms with Crippen LogP contribution in [0.5, 0.6) is 5.75 Å². The number of hydrogen-bond acceptors (Lipinski definition) is 3. The van der Waals surface area contributed by atoms with Gasteiger partial charge in [0, 0.05) is 5.56 Å². The summed E-state index contributed by atoms with van der Waals surface area (Å²) in [4.78, 5) is 0. The second kappa shape index (κ2) is 5.14. The Morgan fingerprint density at radius 1 is 1.21 bits per heavy atom. The number of rotatable bonds is 5. The summed E-state index contributed by atoms with van der Waals surface area (Å²) in [6.45, 7) is 4.13. The summed E-state index contributed by atoms with van der Waals surface area (Å²) in [5.41, 5.74) is 4.26. The minimum atomic E-state index is 0.193. The van der Waals surface area contributed by atoms with E-state index in [1.54, 1.807) is 0 Å². The molecule has 104 valence electrons. The van der Waals surface area contributed by atoms with Crippen molar-refractivity contribution < 1.29 is 4.74 Å². The van der Waals surface area contributed by atoms with Gasteiger partial charge in [-0.2, -0.15) is 0 Å². The highest BCUT2D eigenvalue weighted by molar-refractivity contribution is 5.38. The predicted molar refractivity (Wildman–Crippen MR) is 76.6 cm³/mol. The summed E-state index contributed by atoms with van der Waals surface area (Å²) >= 11 is 0. The molecule has 19 heavy (non-hydrogen) atoms. The van der Waals surface area contributed by atoms with Crippen molar-refractivity contribution in [3.8, 4) is 5.75 Å². The Morgan fingerprint density at radius 3 is 2.53 bits per heavy atom. The summed E-state index contributed by atoms with van der Waals surface area (Å²) in [6.07, 6.45) is 4.34. The monoisotopic (exact) mass is 260 g/mol. The second-order valence-electron chi connectivity index (χ2n) is 6.18. The van der Waals surface area contributed by atoms with Crippen LogP contribution in [0.2, 0.25) is 0 Å². The molecule has 0 heterocycles. The van der Waals surface area contributed by atoms with Gasteiger partial charge >= 0.3 is 0 Å². The highest BCUT2D eigenvalue weighted by Gasteiger charge is 2.56. The molecule has 0 aliphatic heterocycles. The van der Waals surface area contributed by atoms with Gasteiger partial charge in [-0.05, 0) is 50.5 Å². The van der Waals surface area contributed by atoms with Gasteiger partial charge in [-0.25, -0.2) is 0 Å². The second-order valence-corrected chi connectivity index (χ2v) is 6.18. The molecule has 2 fully saturated rings. The molecule has 3 unspecified atom stereocenters. The number of ether oxygens (including phenoxy) is 1. The Kier molecular flexibility index (Phi) is 3.50. The topological polar surface area (TPSA) is 47.3 Å². The number of fused-ring (bicyclic) bond motifs is 1. The van der Waals surface area contributed by atoms with E-state index in [2.05, 4.69) is 37.5 Å². The molecule has 0 spiro atoms. The maximum absolute atomic E-state index is 5.93. The Labute approximate surface area is 115 Å². The summed E-state index contributed by atoms with van der Waals surface area (Å²) in [7, 11) is 0. The van der Waals surface area contributed by atoms with Crippen LogP contribution in [0, 0.1) is 17.8 Å². The molecular formula is C16H24N2O. The lowest BCUT2D eigenvalue weighted by Crippen LogP contribution is -2.31. The molecule has 3 rings (SSSR count). The molecule has 0 aromatic heterocycles. The van der Waals surface area contributed by atoms with Gasteiger partial charge in [0.25, 0.3) is 0 Å². The van der Waals surface area contributed by atoms with Gasteiger partial charge in [0.2, 0.25) is 0 Å². The lowest BCUT2D eigenvalue weighted by molar-refractivity contribution is 0.235. The van der Waals surface area contributed by atoms with Crippen molar-refractivity contribution in [2.45, 2.75) is 45.3 Å². The number of benzene rings is 1. The van der Waals surface area contributed by atoms with E-state index in [-0.39, 0.29) is 12.1 Å². The van der Waals surface area contributed by atoms with E-state index in [0.29, 0.717) is 5.92 Å². The van der Waals surface area contributed by atoms with Crippen molar-refractivity contribution in [3.05, 3.63) is 29.8 Å². The van der Waals surface area contributed by atoms with E-state index in [9.17, 15) is 0 Å². The van der Waals surface area contributed by atoms with Crippen LogP contribution >= 0.6 is 0 Å². The number of para-hydroxylation sites is 1. The third-order valence-electron chi connectivity index (χ3n) is 4.65. The molecule has 0 radical (unpaired) electrons. The van der Waals surface area contributed by atoms with Gasteiger partial charge in [-0.1, -0.05) is 24.6 Å². The third-order valence-corrected chi connectivity index (χ3v) is 4.65. The molecule has 3 N–H and O–H groups in total. The zero-order chi connectivity index (χ0) is 13.4. The maximum atomic E-state index is 5.93. The smallest absolute Gasteiger partial charge is 0.124 e. The fraction of sp³-hybridized carbons (Fsp3) is 0.625. The van der Waals surface area contributed by atoms with Gasteiger partial charge in [-0.3, -0.25) is 11.3 Å². The molecule has 3 nitrogen and oxygen atoms in total. The van der Waals surface area contributed by atoms with Crippen LogP contribution in [0.4, 0.5) is 0 Å². The fourth-order valence-electron chi connectivity index (χ4n) is 3.88. The first kappa shape index (κ1) is 12.9. The Bertz CT molecular complexity index is 436. The van der Waals surface area contributed by atoms with Gasteiger partial charge < -0.3 is 4.74 Å². The van der Waals surface area contributed by atoms with E-state index in [4.69, 9.17) is 10.6 Å². The first-order valence-corrected chi connectivity index (χ1v) is 7.44. The van der Waals surface area contributed by atoms with Crippen molar-refractivity contribution in [2.75, 3.05) is 0 Å². The average molecular weight is 260 g/mol. The number of hydrogen-bond donors (Lipinski definition) is 2. The number of hydrazine groups is 1. The molecule has 1 aromatic carbocycles. The lowest BCUT2D eigenvalue weighted by atomic mass is 9.96. The van der Waals surface area contributed by atoms with Crippen LogP contribution in [0.25, 0.3) is 0 Å². The molecular weight excluding hydrogens is 236 g/mol. The van der Waals surface area contributed by atoms with E-state index in [1.165, 1.54) is 24.8 Å². The van der Waals surface area contributed by atoms with Crippen molar-refractivity contribution >= 4 is 0 Å². The van der Waals surface area contributed by atoms with Crippen molar-refractivity contribution in [2.24, 2.45) is 23.6 Å². The molecule has 1 aromatic rings. The molecule has 2 aliphatic carbocycles. The third kappa shape index (κ3) is 2.37. The fourth-order valence-corrected chi connectivity index (χ4v) is 3.88. The number of nitrogens with two attached hydrogens (primary N) is 1. The lowest BCUT2D eigenvalue weighted by Gasteiger charge is -2.22. The van der Waals surface area contributed by atoms with Crippen LogP contribution in [0.3, 0.4) is 0 Å². The highest BCUT2D eigenvalue weighted by atomic mass is 16.5. The number of nitrogens with one attached hydrogen (secondary N) is 1. The zero-order valence-electron chi connectivity index (χ0n) is 11.8. The van der Waals surface area contributed by atoms with Crippen LogP contribution in [0.15, 0.2) is 24.3 Å².